The molecule has 2 aliphatic heterocycles. The number of morpholine rings is 1. The number of carbonyl (C=O) groups excluding carboxylic acids is 2. The van der Waals surface area contributed by atoms with Crippen LogP contribution in [0.5, 0.6) is 0 Å². The van der Waals surface area contributed by atoms with E-state index >= 15 is 0 Å². The Labute approximate surface area is 191 Å². The van der Waals surface area contributed by atoms with Crippen molar-refractivity contribution < 1.29 is 22.7 Å². The highest BCUT2D eigenvalue weighted by Gasteiger charge is 2.34. The number of amides is 2. The summed E-state index contributed by atoms with van der Waals surface area (Å²) >= 11 is 0. The average molecular weight is 466 g/mol. The van der Waals surface area contributed by atoms with Gasteiger partial charge in [-0.3, -0.25) is 9.59 Å². The number of likely N-dealkylation sites (tertiary alicyclic amines) is 1. The number of nitrogens with zero attached hydrogens (tertiary/aromatic N) is 2. The first-order chi connectivity index (χ1) is 14.9. The van der Waals surface area contributed by atoms with Gasteiger partial charge < -0.3 is 15.0 Å². The van der Waals surface area contributed by atoms with Crippen LogP contribution in [0.2, 0.25) is 0 Å². The minimum Gasteiger partial charge on any atom is -0.373 e. The Morgan fingerprint density at radius 1 is 1.03 bits per heavy atom. The summed E-state index contributed by atoms with van der Waals surface area (Å²) in [5.41, 5.74) is 0.0624. The maximum absolute atomic E-state index is 13.0. The van der Waals surface area contributed by atoms with Crippen LogP contribution in [0.4, 0.5) is 5.69 Å². The summed E-state index contributed by atoms with van der Waals surface area (Å²) in [4.78, 5) is 27.3. The predicted molar refractivity (Wildman–Crippen MR) is 123 cm³/mol. The summed E-state index contributed by atoms with van der Waals surface area (Å²) in [6, 6.07) is 6.26. The van der Waals surface area contributed by atoms with E-state index in [9.17, 15) is 18.0 Å². The highest BCUT2D eigenvalue weighted by molar-refractivity contribution is 7.89. The normalized spacial score (nSPS) is 25.4. The van der Waals surface area contributed by atoms with Crippen LogP contribution in [0.25, 0.3) is 0 Å². The van der Waals surface area contributed by atoms with Gasteiger partial charge in [0, 0.05) is 37.3 Å². The van der Waals surface area contributed by atoms with Gasteiger partial charge in [0.05, 0.1) is 23.0 Å². The lowest BCUT2D eigenvalue weighted by Gasteiger charge is -2.36. The second-order valence-corrected chi connectivity index (χ2v) is 11.9. The van der Waals surface area contributed by atoms with Crippen molar-refractivity contribution in [2.24, 2.45) is 11.3 Å². The van der Waals surface area contributed by atoms with E-state index < -0.39 is 15.4 Å². The molecule has 3 rings (SSSR count). The molecule has 0 bridgehead atoms. The van der Waals surface area contributed by atoms with E-state index in [0.29, 0.717) is 31.9 Å². The van der Waals surface area contributed by atoms with Gasteiger partial charge in [-0.2, -0.15) is 4.31 Å². The van der Waals surface area contributed by atoms with E-state index in [2.05, 4.69) is 5.32 Å². The molecular formula is C23H35N3O5S. The number of hydrogen-bond donors (Lipinski definition) is 1. The fraction of sp³-hybridized carbons (Fsp3) is 0.652. The van der Waals surface area contributed by atoms with Crippen molar-refractivity contribution in [1.82, 2.24) is 9.21 Å². The van der Waals surface area contributed by atoms with Gasteiger partial charge in [0.25, 0.3) is 0 Å². The Hall–Kier alpha value is -1.97. The molecule has 2 aliphatic rings. The summed E-state index contributed by atoms with van der Waals surface area (Å²) in [6.07, 6.45) is 1.19. The van der Waals surface area contributed by atoms with E-state index in [1.165, 1.54) is 16.4 Å². The van der Waals surface area contributed by atoms with E-state index in [1.807, 2.05) is 34.6 Å². The van der Waals surface area contributed by atoms with Crippen LogP contribution in [0, 0.1) is 11.3 Å². The number of rotatable bonds is 4. The number of hydrogen-bond acceptors (Lipinski definition) is 5. The standard InChI is InChI=1S/C23H35N3O5S/c1-16-13-26(14-17(2)31-16)32(29,30)20-10-8-19(9-11-20)24-21(27)18-7-6-12-25(15-18)22(28)23(3,4)5/h8-11,16-18H,6-7,12-15H2,1-5H3,(H,24,27). The van der Waals surface area contributed by atoms with Crippen LogP contribution in [0.15, 0.2) is 29.2 Å². The van der Waals surface area contributed by atoms with Gasteiger partial charge in [-0.1, -0.05) is 20.8 Å². The number of sulfonamides is 1. The lowest BCUT2D eigenvalue weighted by molar-refractivity contribution is -0.142. The van der Waals surface area contributed by atoms with Crippen LogP contribution in [0.3, 0.4) is 0 Å². The highest BCUT2D eigenvalue weighted by atomic mass is 32.2. The Morgan fingerprint density at radius 2 is 1.62 bits per heavy atom. The third-order valence-electron chi connectivity index (χ3n) is 5.87. The summed E-state index contributed by atoms with van der Waals surface area (Å²) in [5.74, 6) is -0.381. The molecule has 2 fully saturated rings. The summed E-state index contributed by atoms with van der Waals surface area (Å²) < 4.78 is 33.0. The second kappa shape index (κ2) is 9.49. The van der Waals surface area contributed by atoms with Crippen molar-refractivity contribution in [2.45, 2.75) is 64.6 Å². The molecular weight excluding hydrogens is 430 g/mol. The van der Waals surface area contributed by atoms with Crippen LogP contribution in [0.1, 0.15) is 47.5 Å². The van der Waals surface area contributed by atoms with Crippen LogP contribution >= 0.6 is 0 Å². The molecule has 2 saturated heterocycles. The molecule has 178 valence electrons. The van der Waals surface area contributed by atoms with Crippen molar-refractivity contribution >= 4 is 27.5 Å². The average Bonchev–Trinajstić information content (AvgIpc) is 2.72. The summed E-state index contributed by atoms with van der Waals surface area (Å²) in [5, 5.41) is 2.88. The van der Waals surface area contributed by atoms with E-state index in [0.717, 1.165) is 12.8 Å². The quantitative estimate of drug-likeness (QED) is 0.738. The summed E-state index contributed by atoms with van der Waals surface area (Å²) in [7, 11) is -3.63. The largest absolute Gasteiger partial charge is 0.373 e. The lowest BCUT2D eigenvalue weighted by Crippen LogP contribution is -2.48. The Kier molecular flexibility index (Phi) is 7.31. The van der Waals surface area contributed by atoms with Crippen molar-refractivity contribution in [1.29, 1.82) is 0 Å². The molecule has 3 unspecified atom stereocenters. The maximum atomic E-state index is 13.0. The van der Waals surface area contributed by atoms with E-state index in [1.54, 1.807) is 17.0 Å². The number of piperidine rings is 1. The Bertz CT molecular complexity index is 929. The summed E-state index contributed by atoms with van der Waals surface area (Å²) in [6.45, 7) is 11.1. The topological polar surface area (TPSA) is 96.0 Å². The van der Waals surface area contributed by atoms with Crippen molar-refractivity contribution in [3.8, 4) is 0 Å². The molecule has 1 aromatic rings. The highest BCUT2D eigenvalue weighted by Crippen LogP contribution is 2.26. The smallest absolute Gasteiger partial charge is 0.243 e. The van der Waals surface area contributed by atoms with Gasteiger partial charge in [0.15, 0.2) is 0 Å². The van der Waals surface area contributed by atoms with Crippen molar-refractivity contribution in [3.05, 3.63) is 24.3 Å². The van der Waals surface area contributed by atoms with Crippen LogP contribution in [-0.2, 0) is 24.3 Å². The van der Waals surface area contributed by atoms with Crippen molar-refractivity contribution in [3.63, 3.8) is 0 Å². The number of benzene rings is 1. The van der Waals surface area contributed by atoms with Crippen molar-refractivity contribution in [2.75, 3.05) is 31.5 Å². The van der Waals surface area contributed by atoms with Gasteiger partial charge in [0.1, 0.15) is 0 Å². The predicted octanol–water partition coefficient (Wildman–Crippen LogP) is 2.71. The second-order valence-electron chi connectivity index (χ2n) is 9.93. The molecule has 1 aromatic carbocycles. The van der Waals surface area contributed by atoms with Gasteiger partial charge in [0.2, 0.25) is 21.8 Å². The first kappa shape index (κ1) is 24.7. The third-order valence-corrected chi connectivity index (χ3v) is 7.71. The third kappa shape index (κ3) is 5.68. The number of nitrogens with one attached hydrogen (secondary N) is 1. The molecule has 0 radical (unpaired) electrons. The fourth-order valence-corrected chi connectivity index (χ4v) is 5.87. The molecule has 2 heterocycles. The minimum absolute atomic E-state index is 0.0521. The lowest BCUT2D eigenvalue weighted by atomic mass is 9.91. The number of ether oxygens (including phenoxy) is 1. The molecule has 0 aliphatic carbocycles. The molecule has 0 saturated carbocycles. The van der Waals surface area contributed by atoms with Gasteiger partial charge >= 0.3 is 0 Å². The Morgan fingerprint density at radius 3 is 2.19 bits per heavy atom. The SMILES string of the molecule is CC1CN(S(=O)(=O)c2ccc(NC(=O)C3CCCN(C(=O)C(C)(C)C)C3)cc2)CC(C)O1. The maximum Gasteiger partial charge on any atom is 0.243 e. The molecule has 0 aromatic heterocycles. The first-order valence-corrected chi connectivity index (χ1v) is 12.7. The Balaban J connectivity index is 1.64. The zero-order valence-electron chi connectivity index (χ0n) is 19.6. The van der Waals surface area contributed by atoms with Crippen LogP contribution in [-0.4, -0.2) is 67.8 Å². The van der Waals surface area contributed by atoms with E-state index in [4.69, 9.17) is 4.74 Å². The minimum atomic E-state index is -3.63. The monoisotopic (exact) mass is 465 g/mol. The van der Waals surface area contributed by atoms with Crippen LogP contribution < -0.4 is 5.32 Å². The fourth-order valence-electron chi connectivity index (χ4n) is 4.28. The van der Waals surface area contributed by atoms with Gasteiger partial charge in [-0.25, -0.2) is 8.42 Å². The zero-order chi connectivity index (χ0) is 23.7. The molecule has 1 N–H and O–H groups in total. The van der Waals surface area contributed by atoms with E-state index in [-0.39, 0.29) is 34.8 Å². The molecule has 0 spiro atoms. The first-order valence-electron chi connectivity index (χ1n) is 11.2. The number of anilines is 1. The molecule has 32 heavy (non-hydrogen) atoms. The van der Waals surface area contributed by atoms with Gasteiger partial charge in [-0.15, -0.1) is 0 Å². The molecule has 9 heteroatoms. The molecule has 2 amide bonds. The molecule has 3 atom stereocenters. The number of carbonyl (C=O) groups is 2. The molecule has 8 nitrogen and oxygen atoms in total. The zero-order valence-corrected chi connectivity index (χ0v) is 20.4. The van der Waals surface area contributed by atoms with Gasteiger partial charge in [-0.05, 0) is 51.0 Å².